The lowest BCUT2D eigenvalue weighted by atomic mass is 10.1. The maximum absolute atomic E-state index is 12.4. The van der Waals surface area contributed by atoms with Gasteiger partial charge in [0.05, 0.1) is 12.5 Å². The Morgan fingerprint density at radius 3 is 2.19 bits per heavy atom. The summed E-state index contributed by atoms with van der Waals surface area (Å²) in [5, 5.41) is 15.3. The van der Waals surface area contributed by atoms with Crippen molar-refractivity contribution in [2.24, 2.45) is 0 Å². The predicted molar refractivity (Wildman–Crippen MR) is 101 cm³/mol. The SMILES string of the molecule is CN(C)c1ccc(/C=C(/NC(=O)c2ccccc2)C(=O)NCC(=O)[O-])cc1. The molecule has 0 saturated carbocycles. The molecule has 7 nitrogen and oxygen atoms in total. The molecule has 0 saturated heterocycles. The molecule has 0 aromatic heterocycles. The van der Waals surface area contributed by atoms with Gasteiger partial charge in [0, 0.05) is 25.3 Å². The van der Waals surface area contributed by atoms with E-state index in [0.29, 0.717) is 11.1 Å². The zero-order valence-corrected chi connectivity index (χ0v) is 15.1. The first kappa shape index (κ1) is 19.7. The van der Waals surface area contributed by atoms with Crippen molar-refractivity contribution in [2.45, 2.75) is 0 Å². The van der Waals surface area contributed by atoms with Crippen LogP contribution in [0, 0.1) is 0 Å². The van der Waals surface area contributed by atoms with Crippen LogP contribution in [0.1, 0.15) is 15.9 Å². The number of hydrogen-bond donors (Lipinski definition) is 2. The van der Waals surface area contributed by atoms with Crippen molar-refractivity contribution in [3.05, 3.63) is 71.4 Å². The maximum atomic E-state index is 12.4. The van der Waals surface area contributed by atoms with Crippen LogP contribution in [0.25, 0.3) is 6.08 Å². The fraction of sp³-hybridized carbons (Fsp3) is 0.150. The van der Waals surface area contributed by atoms with Crippen molar-refractivity contribution in [1.29, 1.82) is 0 Å². The number of carboxylic acids is 1. The molecule has 2 aromatic rings. The smallest absolute Gasteiger partial charge is 0.268 e. The van der Waals surface area contributed by atoms with Gasteiger partial charge < -0.3 is 25.4 Å². The quantitative estimate of drug-likeness (QED) is 0.691. The molecule has 140 valence electrons. The molecule has 27 heavy (non-hydrogen) atoms. The van der Waals surface area contributed by atoms with Gasteiger partial charge in [0.1, 0.15) is 5.70 Å². The highest BCUT2D eigenvalue weighted by molar-refractivity contribution is 6.05. The molecule has 0 unspecified atom stereocenters. The van der Waals surface area contributed by atoms with E-state index < -0.39 is 24.3 Å². The number of carbonyl (C=O) groups excluding carboxylic acids is 3. The molecule has 0 radical (unpaired) electrons. The Kier molecular flexibility index (Phi) is 6.71. The summed E-state index contributed by atoms with van der Waals surface area (Å²) in [6, 6.07) is 15.7. The number of benzene rings is 2. The first-order valence-corrected chi connectivity index (χ1v) is 8.20. The van der Waals surface area contributed by atoms with E-state index in [2.05, 4.69) is 10.6 Å². The number of carboxylic acid groups (broad SMARTS) is 1. The molecule has 2 N–H and O–H groups in total. The molecule has 7 heteroatoms. The summed E-state index contributed by atoms with van der Waals surface area (Å²) in [4.78, 5) is 37.2. The number of amides is 2. The molecule has 0 atom stereocenters. The molecule has 0 bridgehead atoms. The molecule has 0 heterocycles. The second kappa shape index (κ2) is 9.19. The second-order valence-electron chi connectivity index (χ2n) is 5.92. The van der Waals surface area contributed by atoms with Gasteiger partial charge in [-0.3, -0.25) is 9.59 Å². The molecule has 0 aliphatic rings. The number of nitrogens with zero attached hydrogens (tertiary/aromatic N) is 1. The third-order valence-corrected chi connectivity index (χ3v) is 3.64. The summed E-state index contributed by atoms with van der Waals surface area (Å²) in [5.41, 5.74) is 1.96. The molecule has 2 amide bonds. The number of rotatable bonds is 7. The van der Waals surface area contributed by atoms with E-state index in [1.807, 2.05) is 31.1 Å². The van der Waals surface area contributed by atoms with Crippen molar-refractivity contribution in [2.75, 3.05) is 25.5 Å². The van der Waals surface area contributed by atoms with Crippen molar-refractivity contribution in [3.63, 3.8) is 0 Å². The van der Waals surface area contributed by atoms with E-state index in [1.165, 1.54) is 6.08 Å². The average Bonchev–Trinajstić information content (AvgIpc) is 2.66. The van der Waals surface area contributed by atoms with E-state index in [1.54, 1.807) is 42.5 Å². The van der Waals surface area contributed by atoms with Crippen LogP contribution < -0.4 is 20.6 Å². The Labute approximate surface area is 157 Å². The molecular formula is C20H20N3O4-. The number of anilines is 1. The molecule has 0 spiro atoms. The van der Waals surface area contributed by atoms with Crippen molar-refractivity contribution in [1.82, 2.24) is 10.6 Å². The third kappa shape index (κ3) is 6.00. The van der Waals surface area contributed by atoms with E-state index in [-0.39, 0.29) is 5.70 Å². The normalized spacial score (nSPS) is 10.8. The summed E-state index contributed by atoms with van der Waals surface area (Å²) < 4.78 is 0. The molecular weight excluding hydrogens is 346 g/mol. The van der Waals surface area contributed by atoms with Gasteiger partial charge in [-0.1, -0.05) is 30.3 Å². The minimum Gasteiger partial charge on any atom is -0.548 e. The van der Waals surface area contributed by atoms with Gasteiger partial charge in [-0.2, -0.15) is 0 Å². The molecule has 0 fully saturated rings. The largest absolute Gasteiger partial charge is 0.548 e. The summed E-state index contributed by atoms with van der Waals surface area (Å²) in [6.07, 6.45) is 1.48. The van der Waals surface area contributed by atoms with E-state index in [0.717, 1.165) is 5.69 Å². The van der Waals surface area contributed by atoms with Crippen LogP contribution in [-0.2, 0) is 9.59 Å². The summed E-state index contributed by atoms with van der Waals surface area (Å²) in [7, 11) is 3.81. The van der Waals surface area contributed by atoms with Crippen LogP contribution in [0.4, 0.5) is 5.69 Å². The van der Waals surface area contributed by atoms with Crippen LogP contribution in [0.5, 0.6) is 0 Å². The van der Waals surface area contributed by atoms with Crippen LogP contribution >= 0.6 is 0 Å². The second-order valence-corrected chi connectivity index (χ2v) is 5.92. The van der Waals surface area contributed by atoms with E-state index in [9.17, 15) is 19.5 Å². The summed E-state index contributed by atoms with van der Waals surface area (Å²) in [6.45, 7) is -0.656. The number of nitrogens with one attached hydrogen (secondary N) is 2. The van der Waals surface area contributed by atoms with Crippen molar-refractivity contribution in [3.8, 4) is 0 Å². The van der Waals surface area contributed by atoms with Gasteiger partial charge in [0.2, 0.25) is 0 Å². The van der Waals surface area contributed by atoms with Gasteiger partial charge in [0.25, 0.3) is 11.8 Å². The molecule has 2 rings (SSSR count). The highest BCUT2D eigenvalue weighted by atomic mass is 16.4. The zero-order chi connectivity index (χ0) is 19.8. The Bertz CT molecular complexity index is 843. The minimum absolute atomic E-state index is 0.0669. The number of carbonyl (C=O) groups is 3. The van der Waals surface area contributed by atoms with Crippen molar-refractivity contribution >= 4 is 29.5 Å². The molecule has 2 aromatic carbocycles. The number of hydrogen-bond acceptors (Lipinski definition) is 5. The van der Waals surface area contributed by atoms with Gasteiger partial charge >= 0.3 is 0 Å². The molecule has 0 aliphatic carbocycles. The van der Waals surface area contributed by atoms with E-state index >= 15 is 0 Å². The van der Waals surface area contributed by atoms with E-state index in [4.69, 9.17) is 0 Å². The number of aliphatic carboxylic acids is 1. The lowest BCUT2D eigenvalue weighted by Crippen LogP contribution is -2.41. The maximum Gasteiger partial charge on any atom is 0.268 e. The van der Waals surface area contributed by atoms with Crippen LogP contribution in [0.3, 0.4) is 0 Å². The monoisotopic (exact) mass is 366 g/mol. The Balaban J connectivity index is 2.26. The minimum atomic E-state index is -1.42. The van der Waals surface area contributed by atoms with Crippen LogP contribution in [0.2, 0.25) is 0 Å². The average molecular weight is 366 g/mol. The van der Waals surface area contributed by atoms with Gasteiger partial charge in [-0.25, -0.2) is 0 Å². The van der Waals surface area contributed by atoms with Crippen LogP contribution in [0.15, 0.2) is 60.3 Å². The summed E-state index contributed by atoms with van der Waals surface area (Å²) >= 11 is 0. The fourth-order valence-corrected chi connectivity index (χ4v) is 2.23. The standard InChI is InChI=1S/C20H21N3O4/c1-23(2)16-10-8-14(9-11-16)12-17(20(27)21-13-18(24)25)22-19(26)15-6-4-3-5-7-15/h3-12H,13H2,1-2H3,(H,21,27)(H,22,26)(H,24,25)/p-1/b17-12+. The topological polar surface area (TPSA) is 102 Å². The van der Waals surface area contributed by atoms with Gasteiger partial charge in [0.15, 0.2) is 0 Å². The first-order valence-electron chi connectivity index (χ1n) is 8.20. The van der Waals surface area contributed by atoms with Gasteiger partial charge in [-0.15, -0.1) is 0 Å². The highest BCUT2D eigenvalue weighted by Crippen LogP contribution is 2.14. The van der Waals surface area contributed by atoms with Crippen molar-refractivity contribution < 1.29 is 19.5 Å². The zero-order valence-electron chi connectivity index (χ0n) is 15.1. The first-order chi connectivity index (χ1) is 12.9. The lowest BCUT2D eigenvalue weighted by molar-refractivity contribution is -0.303. The predicted octanol–water partition coefficient (Wildman–Crippen LogP) is 0.390. The Morgan fingerprint density at radius 2 is 1.63 bits per heavy atom. The Hall–Kier alpha value is -3.61. The lowest BCUT2D eigenvalue weighted by Gasteiger charge is -2.13. The fourth-order valence-electron chi connectivity index (χ4n) is 2.23. The third-order valence-electron chi connectivity index (χ3n) is 3.64. The van der Waals surface area contributed by atoms with Crippen LogP contribution in [-0.4, -0.2) is 38.4 Å². The highest BCUT2D eigenvalue weighted by Gasteiger charge is 2.14. The van der Waals surface area contributed by atoms with Gasteiger partial charge in [-0.05, 0) is 35.9 Å². The Morgan fingerprint density at radius 1 is 1.00 bits per heavy atom. The summed E-state index contributed by atoms with van der Waals surface area (Å²) in [5.74, 6) is -2.62. The molecule has 0 aliphatic heterocycles.